The number of benzene rings is 1. The Hall–Kier alpha value is -1.86. The molecule has 1 unspecified atom stereocenters. The largest absolute Gasteiger partial charge is 0.411 e. The molecule has 1 aliphatic heterocycles. The van der Waals surface area contributed by atoms with E-state index in [1.54, 1.807) is 0 Å². The molecule has 2 heterocycles. The second-order valence-corrected chi connectivity index (χ2v) is 7.98. The van der Waals surface area contributed by atoms with E-state index in [-0.39, 0.29) is 11.2 Å². The van der Waals surface area contributed by atoms with Crippen molar-refractivity contribution in [3.05, 3.63) is 29.3 Å². The van der Waals surface area contributed by atoms with Crippen molar-refractivity contribution in [2.24, 2.45) is 0 Å². The van der Waals surface area contributed by atoms with Gasteiger partial charge in [0.15, 0.2) is 0 Å². The maximum atomic E-state index is 12.7. The Labute approximate surface area is 159 Å². The number of piperazine rings is 1. The number of carbonyl (C=O) groups is 1. The molecule has 0 aliphatic carbocycles. The molecular weight excluding hydrogens is 348 g/mol. The van der Waals surface area contributed by atoms with Gasteiger partial charge >= 0.3 is 0 Å². The Morgan fingerprint density at radius 2 is 1.92 bits per heavy atom. The molecule has 26 heavy (non-hydrogen) atoms. The fraction of sp³-hybridized carbons (Fsp3) is 0.526. The number of rotatable bonds is 5. The van der Waals surface area contributed by atoms with Crippen LogP contribution in [-0.2, 0) is 4.79 Å². The molecule has 1 saturated heterocycles. The van der Waals surface area contributed by atoms with Crippen molar-refractivity contribution in [1.82, 2.24) is 20.0 Å². The summed E-state index contributed by atoms with van der Waals surface area (Å²) in [7, 11) is 0. The van der Waals surface area contributed by atoms with Crippen molar-refractivity contribution in [3.8, 4) is 11.5 Å². The van der Waals surface area contributed by atoms with Gasteiger partial charge in [0.05, 0.1) is 5.25 Å². The summed E-state index contributed by atoms with van der Waals surface area (Å²) in [5.74, 6) is 0.628. The summed E-state index contributed by atoms with van der Waals surface area (Å²) in [5.41, 5.74) is 3.32. The Balaban J connectivity index is 1.61. The summed E-state index contributed by atoms with van der Waals surface area (Å²) in [6.45, 7) is 12.7. The first kappa shape index (κ1) is 18.9. The van der Waals surface area contributed by atoms with Crippen LogP contribution in [0.4, 0.5) is 0 Å². The molecule has 3 rings (SSSR count). The Morgan fingerprint density at radius 3 is 2.58 bits per heavy atom. The summed E-state index contributed by atoms with van der Waals surface area (Å²) < 4.78 is 5.77. The molecule has 1 amide bonds. The fourth-order valence-electron chi connectivity index (χ4n) is 2.99. The van der Waals surface area contributed by atoms with Crippen LogP contribution in [0.2, 0.25) is 0 Å². The fourth-order valence-corrected chi connectivity index (χ4v) is 3.76. The molecule has 6 nitrogen and oxygen atoms in total. The van der Waals surface area contributed by atoms with Crippen molar-refractivity contribution in [2.75, 3.05) is 32.7 Å². The first-order valence-electron chi connectivity index (χ1n) is 9.07. The zero-order valence-electron chi connectivity index (χ0n) is 15.9. The van der Waals surface area contributed by atoms with E-state index in [1.165, 1.54) is 22.9 Å². The Kier molecular flexibility index (Phi) is 5.98. The molecule has 0 spiro atoms. The third kappa shape index (κ3) is 4.27. The van der Waals surface area contributed by atoms with Crippen LogP contribution >= 0.6 is 11.8 Å². The van der Waals surface area contributed by atoms with Gasteiger partial charge in [0, 0.05) is 31.7 Å². The van der Waals surface area contributed by atoms with E-state index in [0.717, 1.165) is 38.3 Å². The maximum Gasteiger partial charge on any atom is 0.277 e. The lowest BCUT2D eigenvalue weighted by Crippen LogP contribution is -2.50. The quantitative estimate of drug-likeness (QED) is 0.750. The molecule has 0 saturated carbocycles. The molecule has 1 aromatic carbocycles. The van der Waals surface area contributed by atoms with Crippen LogP contribution in [0.25, 0.3) is 11.5 Å². The van der Waals surface area contributed by atoms with Gasteiger partial charge < -0.3 is 14.2 Å². The molecule has 0 bridgehead atoms. The van der Waals surface area contributed by atoms with Crippen LogP contribution in [0.1, 0.15) is 25.0 Å². The third-order valence-corrected chi connectivity index (χ3v) is 5.84. The smallest absolute Gasteiger partial charge is 0.277 e. The predicted molar refractivity (Wildman–Crippen MR) is 103 cm³/mol. The van der Waals surface area contributed by atoms with Crippen LogP contribution in [0.15, 0.2) is 27.8 Å². The van der Waals surface area contributed by atoms with Gasteiger partial charge in [0.1, 0.15) is 0 Å². The summed E-state index contributed by atoms with van der Waals surface area (Å²) in [4.78, 5) is 16.9. The lowest BCUT2D eigenvalue weighted by Gasteiger charge is -2.35. The number of aryl methyl sites for hydroxylation is 2. The highest BCUT2D eigenvalue weighted by atomic mass is 32.2. The SMILES string of the molecule is CCN1CCN(C(=O)C(C)Sc2nnc(-c3ccc(C)c(C)c3)o2)CC1. The Bertz CT molecular complexity index is 769. The number of nitrogens with zero attached hydrogens (tertiary/aromatic N) is 4. The standard InChI is InChI=1S/C19H26N4O2S/c1-5-22-8-10-23(11-9-22)18(24)15(4)26-19-21-20-17(25-19)16-7-6-13(2)14(3)12-16/h6-7,12,15H,5,8-11H2,1-4H3. The van der Waals surface area contributed by atoms with Gasteiger partial charge in [-0.25, -0.2) is 0 Å². The van der Waals surface area contributed by atoms with E-state index < -0.39 is 0 Å². The molecule has 1 aromatic heterocycles. The first-order chi connectivity index (χ1) is 12.5. The molecular formula is C19H26N4O2S. The molecule has 7 heteroatoms. The highest BCUT2D eigenvalue weighted by Crippen LogP contribution is 2.28. The minimum Gasteiger partial charge on any atom is -0.411 e. The molecule has 2 aromatic rings. The molecule has 1 atom stereocenters. The number of hydrogen-bond acceptors (Lipinski definition) is 6. The van der Waals surface area contributed by atoms with Crippen molar-refractivity contribution in [1.29, 1.82) is 0 Å². The number of hydrogen-bond donors (Lipinski definition) is 0. The van der Waals surface area contributed by atoms with E-state index in [1.807, 2.05) is 30.0 Å². The first-order valence-corrected chi connectivity index (χ1v) is 9.94. The van der Waals surface area contributed by atoms with Crippen molar-refractivity contribution in [3.63, 3.8) is 0 Å². The third-order valence-electron chi connectivity index (χ3n) is 4.92. The highest BCUT2D eigenvalue weighted by Gasteiger charge is 2.26. The highest BCUT2D eigenvalue weighted by molar-refractivity contribution is 8.00. The van der Waals surface area contributed by atoms with Crippen LogP contribution in [0.3, 0.4) is 0 Å². The minimum absolute atomic E-state index is 0.136. The van der Waals surface area contributed by atoms with Gasteiger partial charge in [-0.2, -0.15) is 0 Å². The minimum atomic E-state index is -0.240. The zero-order chi connectivity index (χ0) is 18.7. The van der Waals surface area contributed by atoms with Crippen LogP contribution in [0, 0.1) is 13.8 Å². The summed E-state index contributed by atoms with van der Waals surface area (Å²) in [5, 5.41) is 8.44. The number of carbonyl (C=O) groups excluding carboxylic acids is 1. The topological polar surface area (TPSA) is 62.5 Å². The van der Waals surface area contributed by atoms with Crippen molar-refractivity contribution >= 4 is 17.7 Å². The normalized spacial score (nSPS) is 16.7. The second kappa shape index (κ2) is 8.22. The average Bonchev–Trinajstić information content (AvgIpc) is 3.12. The van der Waals surface area contributed by atoms with Gasteiger partial charge in [0.2, 0.25) is 11.8 Å². The molecule has 140 valence electrons. The van der Waals surface area contributed by atoms with Gasteiger partial charge in [-0.3, -0.25) is 4.79 Å². The van der Waals surface area contributed by atoms with E-state index in [0.29, 0.717) is 11.1 Å². The monoisotopic (exact) mass is 374 g/mol. The van der Waals surface area contributed by atoms with Gasteiger partial charge in [-0.15, -0.1) is 10.2 Å². The van der Waals surface area contributed by atoms with Crippen molar-refractivity contribution < 1.29 is 9.21 Å². The summed E-state index contributed by atoms with van der Waals surface area (Å²) >= 11 is 1.33. The predicted octanol–water partition coefficient (Wildman–Crippen LogP) is 3.00. The molecule has 1 fully saturated rings. The molecule has 1 aliphatic rings. The number of likely N-dealkylation sites (N-methyl/N-ethyl adjacent to an activating group) is 1. The van der Waals surface area contributed by atoms with Gasteiger partial charge in [0.25, 0.3) is 5.22 Å². The lowest BCUT2D eigenvalue weighted by atomic mass is 10.1. The van der Waals surface area contributed by atoms with E-state index in [4.69, 9.17) is 4.42 Å². The maximum absolute atomic E-state index is 12.7. The Morgan fingerprint density at radius 1 is 1.19 bits per heavy atom. The van der Waals surface area contributed by atoms with Crippen LogP contribution < -0.4 is 0 Å². The number of aromatic nitrogens is 2. The van der Waals surface area contributed by atoms with Crippen molar-refractivity contribution in [2.45, 2.75) is 38.2 Å². The number of amides is 1. The van der Waals surface area contributed by atoms with Gasteiger partial charge in [-0.1, -0.05) is 24.8 Å². The summed E-state index contributed by atoms with van der Waals surface area (Å²) in [6.07, 6.45) is 0. The summed E-state index contributed by atoms with van der Waals surface area (Å²) in [6, 6.07) is 6.06. The van der Waals surface area contributed by atoms with Gasteiger partial charge in [-0.05, 0) is 50.6 Å². The average molecular weight is 375 g/mol. The van der Waals surface area contributed by atoms with E-state index >= 15 is 0 Å². The lowest BCUT2D eigenvalue weighted by molar-refractivity contribution is -0.132. The van der Waals surface area contributed by atoms with E-state index in [2.05, 4.69) is 35.9 Å². The zero-order valence-corrected chi connectivity index (χ0v) is 16.7. The number of thioether (sulfide) groups is 1. The van der Waals surface area contributed by atoms with E-state index in [9.17, 15) is 4.79 Å². The second-order valence-electron chi connectivity index (χ2n) is 6.69. The molecule has 0 N–H and O–H groups in total. The van der Waals surface area contributed by atoms with Crippen LogP contribution in [-0.4, -0.2) is 63.9 Å². The molecule has 0 radical (unpaired) electrons. The van der Waals surface area contributed by atoms with Crippen LogP contribution in [0.5, 0.6) is 0 Å².